The Hall–Kier alpha value is -1.14. The Bertz CT molecular complexity index is 426. The summed E-state index contributed by atoms with van der Waals surface area (Å²) in [5.41, 5.74) is 1.03. The molecule has 1 unspecified atom stereocenters. The summed E-state index contributed by atoms with van der Waals surface area (Å²) in [5, 5.41) is 10.0. The van der Waals surface area contributed by atoms with Gasteiger partial charge in [-0.3, -0.25) is 4.79 Å². The molecule has 1 atom stereocenters. The second-order valence-electron chi connectivity index (χ2n) is 5.48. The molecule has 0 bridgehead atoms. The van der Waals surface area contributed by atoms with Crippen LogP contribution in [0.25, 0.3) is 0 Å². The number of aliphatic carboxylic acids is 1. The molecule has 114 valence electrons. The highest BCUT2D eigenvalue weighted by Gasteiger charge is 2.19. The number of carboxylic acids is 1. The molecule has 1 heterocycles. The van der Waals surface area contributed by atoms with E-state index in [9.17, 15) is 4.79 Å². The number of thiazole rings is 1. The van der Waals surface area contributed by atoms with Gasteiger partial charge in [-0.15, -0.1) is 11.3 Å². The van der Waals surface area contributed by atoms with Crippen LogP contribution in [0.5, 0.6) is 0 Å². The van der Waals surface area contributed by atoms with Gasteiger partial charge in [0.15, 0.2) is 5.13 Å². The van der Waals surface area contributed by atoms with Gasteiger partial charge in [-0.05, 0) is 40.9 Å². The molecule has 0 aliphatic heterocycles. The van der Waals surface area contributed by atoms with E-state index in [1.165, 1.54) is 4.88 Å². The molecule has 0 amide bonds. The Balaban J connectivity index is 2.75. The Morgan fingerprint density at radius 1 is 1.35 bits per heavy atom. The topological polar surface area (TPSA) is 56.7 Å². The molecule has 0 spiro atoms. The summed E-state index contributed by atoms with van der Waals surface area (Å²) in [5.74, 6) is -1.15. The predicted octanol–water partition coefficient (Wildman–Crippen LogP) is 2.24. The minimum atomic E-state index is -0.757. The van der Waals surface area contributed by atoms with Gasteiger partial charge < -0.3 is 14.9 Å². The van der Waals surface area contributed by atoms with Crippen molar-refractivity contribution in [3.05, 3.63) is 10.6 Å². The molecule has 5 nitrogen and oxygen atoms in total. The summed E-state index contributed by atoms with van der Waals surface area (Å²) in [6.07, 6.45) is 0.997. The fourth-order valence-electron chi connectivity index (χ4n) is 1.84. The van der Waals surface area contributed by atoms with E-state index in [4.69, 9.17) is 5.11 Å². The zero-order valence-corrected chi connectivity index (χ0v) is 13.8. The van der Waals surface area contributed by atoms with Gasteiger partial charge in [0.2, 0.25) is 0 Å². The van der Waals surface area contributed by atoms with E-state index in [-0.39, 0.29) is 5.92 Å². The van der Waals surface area contributed by atoms with E-state index in [1.54, 1.807) is 18.3 Å². The lowest BCUT2D eigenvalue weighted by atomic mass is 10.1. The number of hydrogen-bond donors (Lipinski definition) is 1. The summed E-state index contributed by atoms with van der Waals surface area (Å²) in [7, 11) is 4.09. The summed E-state index contributed by atoms with van der Waals surface area (Å²) in [4.78, 5) is 21.1. The number of rotatable bonds is 8. The van der Waals surface area contributed by atoms with Crippen molar-refractivity contribution in [3.63, 3.8) is 0 Å². The third-order valence-corrected chi connectivity index (χ3v) is 4.37. The summed E-state index contributed by atoms with van der Waals surface area (Å²) < 4.78 is 0. The van der Waals surface area contributed by atoms with E-state index < -0.39 is 5.97 Å². The quantitative estimate of drug-likeness (QED) is 0.798. The standard InChI is InChI=1S/C14H25N3O2S/c1-10(13(18)19)9-17(8-6-7-16(4)5)14-15-11(2)12(3)20-14/h10H,6-9H2,1-5H3,(H,18,19). The lowest BCUT2D eigenvalue weighted by molar-refractivity contribution is -0.140. The maximum absolute atomic E-state index is 11.1. The number of nitrogens with zero attached hydrogens (tertiary/aromatic N) is 3. The molecule has 1 aromatic rings. The summed E-state index contributed by atoms with van der Waals surface area (Å²) in [6, 6.07) is 0. The van der Waals surface area contributed by atoms with Crippen LogP contribution >= 0.6 is 11.3 Å². The average Bonchev–Trinajstić information content (AvgIpc) is 2.67. The molecule has 6 heteroatoms. The summed E-state index contributed by atoms with van der Waals surface area (Å²) in [6.45, 7) is 8.12. The Kier molecular flexibility index (Phi) is 6.42. The molecular formula is C14H25N3O2S. The number of hydrogen-bond acceptors (Lipinski definition) is 5. The van der Waals surface area contributed by atoms with Gasteiger partial charge in [0, 0.05) is 18.0 Å². The highest BCUT2D eigenvalue weighted by molar-refractivity contribution is 7.15. The third kappa shape index (κ3) is 5.09. The van der Waals surface area contributed by atoms with Crippen LogP contribution in [0.4, 0.5) is 5.13 Å². The molecule has 1 rings (SSSR count). The van der Waals surface area contributed by atoms with Gasteiger partial charge in [-0.2, -0.15) is 0 Å². The van der Waals surface area contributed by atoms with E-state index in [1.807, 2.05) is 21.0 Å². The first-order valence-corrected chi connectivity index (χ1v) is 7.69. The van der Waals surface area contributed by atoms with Gasteiger partial charge in [-0.25, -0.2) is 4.98 Å². The number of aryl methyl sites for hydroxylation is 2. The maximum atomic E-state index is 11.1. The van der Waals surface area contributed by atoms with Crippen LogP contribution in [-0.4, -0.2) is 54.7 Å². The van der Waals surface area contributed by atoms with E-state index >= 15 is 0 Å². The lowest BCUT2D eigenvalue weighted by Crippen LogP contribution is -2.33. The fourth-order valence-corrected chi connectivity index (χ4v) is 2.79. The van der Waals surface area contributed by atoms with Gasteiger partial charge >= 0.3 is 5.97 Å². The molecule has 20 heavy (non-hydrogen) atoms. The molecule has 1 aromatic heterocycles. The lowest BCUT2D eigenvalue weighted by Gasteiger charge is -2.24. The highest BCUT2D eigenvalue weighted by atomic mass is 32.1. The Labute approximate surface area is 125 Å². The number of carboxylic acid groups (broad SMARTS) is 1. The summed E-state index contributed by atoms with van der Waals surface area (Å²) >= 11 is 1.64. The first-order chi connectivity index (χ1) is 9.31. The van der Waals surface area contributed by atoms with Crippen molar-refractivity contribution in [1.82, 2.24) is 9.88 Å². The van der Waals surface area contributed by atoms with Crippen molar-refractivity contribution in [1.29, 1.82) is 0 Å². The fraction of sp³-hybridized carbons (Fsp3) is 0.714. The van der Waals surface area contributed by atoms with Gasteiger partial charge in [0.05, 0.1) is 11.6 Å². The van der Waals surface area contributed by atoms with Gasteiger partial charge in [-0.1, -0.05) is 6.92 Å². The molecule has 1 N–H and O–H groups in total. The number of aromatic nitrogens is 1. The molecule has 0 aliphatic rings. The highest BCUT2D eigenvalue weighted by Crippen LogP contribution is 2.26. The zero-order valence-electron chi connectivity index (χ0n) is 13.0. The first-order valence-electron chi connectivity index (χ1n) is 6.87. The van der Waals surface area contributed by atoms with Crippen LogP contribution in [0, 0.1) is 19.8 Å². The molecular weight excluding hydrogens is 274 g/mol. The molecule has 0 saturated carbocycles. The minimum Gasteiger partial charge on any atom is -0.481 e. The van der Waals surface area contributed by atoms with Crippen molar-refractivity contribution in [3.8, 4) is 0 Å². The van der Waals surface area contributed by atoms with E-state index in [0.29, 0.717) is 6.54 Å². The van der Waals surface area contributed by atoms with Crippen molar-refractivity contribution in [2.24, 2.45) is 5.92 Å². The van der Waals surface area contributed by atoms with Crippen LogP contribution in [0.15, 0.2) is 0 Å². The van der Waals surface area contributed by atoms with Gasteiger partial charge in [0.25, 0.3) is 0 Å². The van der Waals surface area contributed by atoms with Crippen LogP contribution in [-0.2, 0) is 4.79 Å². The maximum Gasteiger partial charge on any atom is 0.308 e. The molecule has 0 fully saturated rings. The monoisotopic (exact) mass is 299 g/mol. The molecule has 0 aliphatic carbocycles. The first kappa shape index (κ1) is 16.9. The minimum absolute atomic E-state index is 0.390. The smallest absolute Gasteiger partial charge is 0.308 e. The second-order valence-corrected chi connectivity index (χ2v) is 6.66. The Morgan fingerprint density at radius 3 is 2.45 bits per heavy atom. The zero-order chi connectivity index (χ0) is 15.3. The van der Waals surface area contributed by atoms with Crippen molar-refractivity contribution >= 4 is 22.4 Å². The third-order valence-electron chi connectivity index (χ3n) is 3.24. The van der Waals surface area contributed by atoms with Crippen molar-refractivity contribution in [2.75, 3.05) is 38.6 Å². The average molecular weight is 299 g/mol. The van der Waals surface area contributed by atoms with Gasteiger partial charge in [0.1, 0.15) is 0 Å². The number of anilines is 1. The van der Waals surface area contributed by atoms with E-state index in [0.717, 1.165) is 30.3 Å². The largest absolute Gasteiger partial charge is 0.481 e. The Morgan fingerprint density at radius 2 is 2.00 bits per heavy atom. The van der Waals surface area contributed by atoms with Crippen molar-refractivity contribution in [2.45, 2.75) is 27.2 Å². The normalized spacial score (nSPS) is 12.7. The van der Waals surface area contributed by atoms with Crippen LogP contribution in [0.2, 0.25) is 0 Å². The van der Waals surface area contributed by atoms with Crippen LogP contribution in [0.3, 0.4) is 0 Å². The van der Waals surface area contributed by atoms with E-state index in [2.05, 4.69) is 21.7 Å². The molecule has 0 radical (unpaired) electrons. The van der Waals surface area contributed by atoms with Crippen LogP contribution in [0.1, 0.15) is 23.9 Å². The van der Waals surface area contributed by atoms with Crippen molar-refractivity contribution < 1.29 is 9.90 Å². The second kappa shape index (κ2) is 7.59. The SMILES string of the molecule is Cc1nc(N(CCCN(C)C)CC(C)C(=O)O)sc1C. The molecule has 0 saturated heterocycles. The molecule has 0 aromatic carbocycles. The predicted molar refractivity (Wildman–Crippen MR) is 83.8 cm³/mol. The number of carbonyl (C=O) groups is 1. The van der Waals surface area contributed by atoms with Crippen LogP contribution < -0.4 is 4.90 Å².